The van der Waals surface area contributed by atoms with Crippen molar-refractivity contribution < 1.29 is 9.59 Å². The summed E-state index contributed by atoms with van der Waals surface area (Å²) in [6, 6.07) is 17.3. The lowest BCUT2D eigenvalue weighted by molar-refractivity contribution is 0.102. The predicted octanol–water partition coefficient (Wildman–Crippen LogP) is 4.07. The van der Waals surface area contributed by atoms with Crippen LogP contribution in [-0.2, 0) is 0 Å². The lowest BCUT2D eigenvalue weighted by Gasteiger charge is -2.11. The third-order valence-corrected chi connectivity index (χ3v) is 4.40. The molecule has 0 unspecified atom stereocenters. The molecule has 3 aromatic rings. The summed E-state index contributed by atoms with van der Waals surface area (Å²) in [4.78, 5) is 29.2. The zero-order chi connectivity index (χ0) is 20.1. The minimum atomic E-state index is -0.425. The van der Waals surface area contributed by atoms with Crippen molar-refractivity contribution in [3.05, 3.63) is 88.7 Å². The van der Waals surface area contributed by atoms with Crippen LogP contribution in [0.15, 0.2) is 60.8 Å². The molecule has 0 bridgehead atoms. The van der Waals surface area contributed by atoms with Crippen molar-refractivity contribution in [2.24, 2.45) is 0 Å². The number of nitriles is 1. The van der Waals surface area contributed by atoms with Gasteiger partial charge >= 0.3 is 0 Å². The van der Waals surface area contributed by atoms with Crippen molar-refractivity contribution in [3.63, 3.8) is 0 Å². The highest BCUT2D eigenvalue weighted by Gasteiger charge is 2.14. The van der Waals surface area contributed by atoms with E-state index in [9.17, 15) is 9.59 Å². The van der Waals surface area contributed by atoms with Crippen LogP contribution in [-0.4, -0.2) is 16.8 Å². The second-order valence-corrected chi connectivity index (χ2v) is 6.24. The van der Waals surface area contributed by atoms with Gasteiger partial charge in [-0.15, -0.1) is 0 Å². The van der Waals surface area contributed by atoms with Crippen LogP contribution in [0, 0.1) is 25.2 Å². The highest BCUT2D eigenvalue weighted by Crippen LogP contribution is 2.19. The molecule has 0 aliphatic carbocycles. The molecule has 0 spiro atoms. The van der Waals surface area contributed by atoms with Crippen molar-refractivity contribution in [3.8, 4) is 6.07 Å². The van der Waals surface area contributed by atoms with Gasteiger partial charge in [0.05, 0.1) is 11.3 Å². The van der Waals surface area contributed by atoms with Crippen LogP contribution in [0.4, 0.5) is 11.4 Å². The first-order valence-electron chi connectivity index (χ1n) is 8.63. The number of hydrogen-bond acceptors (Lipinski definition) is 4. The molecule has 0 aliphatic heterocycles. The molecule has 6 nitrogen and oxygen atoms in total. The van der Waals surface area contributed by atoms with Crippen molar-refractivity contribution in [1.82, 2.24) is 4.98 Å². The Morgan fingerprint density at radius 2 is 1.64 bits per heavy atom. The Kier molecular flexibility index (Phi) is 5.47. The number of amides is 2. The molecule has 0 saturated carbocycles. The summed E-state index contributed by atoms with van der Waals surface area (Å²) in [5.41, 5.74) is 3.90. The molecule has 6 heteroatoms. The molecule has 3 rings (SSSR count). The van der Waals surface area contributed by atoms with Gasteiger partial charge < -0.3 is 10.6 Å². The zero-order valence-corrected chi connectivity index (χ0v) is 15.5. The molecule has 0 atom stereocenters. The largest absolute Gasteiger partial charge is 0.321 e. The number of pyridine rings is 1. The number of hydrogen-bond donors (Lipinski definition) is 2. The van der Waals surface area contributed by atoms with Crippen LogP contribution < -0.4 is 10.6 Å². The number of carbonyl (C=O) groups is 2. The van der Waals surface area contributed by atoms with E-state index in [2.05, 4.69) is 15.6 Å². The first kappa shape index (κ1) is 18.8. The SMILES string of the molecule is Cc1cccc(NC(=O)c2cc(C(=O)Nc3ccccc3C#N)ccn2)c1C. The Balaban J connectivity index is 1.80. The van der Waals surface area contributed by atoms with E-state index in [1.807, 2.05) is 38.1 Å². The fourth-order valence-corrected chi connectivity index (χ4v) is 2.65. The Morgan fingerprint density at radius 1 is 0.929 bits per heavy atom. The van der Waals surface area contributed by atoms with Crippen molar-refractivity contribution in [1.29, 1.82) is 5.26 Å². The van der Waals surface area contributed by atoms with E-state index >= 15 is 0 Å². The average Bonchev–Trinajstić information content (AvgIpc) is 2.72. The third kappa shape index (κ3) is 4.05. The molecule has 138 valence electrons. The molecule has 1 heterocycles. The van der Waals surface area contributed by atoms with E-state index in [0.29, 0.717) is 16.9 Å². The van der Waals surface area contributed by atoms with E-state index in [-0.39, 0.29) is 11.3 Å². The van der Waals surface area contributed by atoms with Gasteiger partial charge in [0.1, 0.15) is 11.8 Å². The molecule has 0 radical (unpaired) electrons. The molecule has 0 saturated heterocycles. The number of para-hydroxylation sites is 1. The number of nitrogens with zero attached hydrogens (tertiary/aromatic N) is 2. The Bertz CT molecular complexity index is 1100. The van der Waals surface area contributed by atoms with Gasteiger partial charge in [0.2, 0.25) is 0 Å². The highest BCUT2D eigenvalue weighted by molar-refractivity contribution is 6.08. The number of benzene rings is 2. The minimum absolute atomic E-state index is 0.127. The fraction of sp³-hybridized carbons (Fsp3) is 0.0909. The molecular formula is C22H18N4O2. The predicted molar refractivity (Wildman–Crippen MR) is 107 cm³/mol. The van der Waals surface area contributed by atoms with Gasteiger partial charge in [0, 0.05) is 17.4 Å². The maximum atomic E-state index is 12.6. The summed E-state index contributed by atoms with van der Waals surface area (Å²) in [5.74, 6) is -0.827. The number of anilines is 2. The Morgan fingerprint density at radius 3 is 2.43 bits per heavy atom. The van der Waals surface area contributed by atoms with Gasteiger partial charge in [-0.2, -0.15) is 5.26 Å². The number of aryl methyl sites for hydroxylation is 1. The molecule has 2 amide bonds. The summed E-state index contributed by atoms with van der Waals surface area (Å²) in [5, 5.41) is 14.7. The highest BCUT2D eigenvalue weighted by atomic mass is 16.2. The molecule has 28 heavy (non-hydrogen) atoms. The maximum Gasteiger partial charge on any atom is 0.274 e. The van der Waals surface area contributed by atoms with Crippen LogP contribution in [0.1, 0.15) is 37.5 Å². The Labute approximate surface area is 162 Å². The number of aromatic nitrogens is 1. The molecule has 0 aliphatic rings. The van der Waals surface area contributed by atoms with Gasteiger partial charge in [-0.3, -0.25) is 14.6 Å². The van der Waals surface area contributed by atoms with E-state index < -0.39 is 11.8 Å². The van der Waals surface area contributed by atoms with Crippen LogP contribution >= 0.6 is 0 Å². The van der Waals surface area contributed by atoms with Crippen molar-refractivity contribution >= 4 is 23.2 Å². The first-order chi connectivity index (χ1) is 13.5. The topological polar surface area (TPSA) is 94.9 Å². The second-order valence-electron chi connectivity index (χ2n) is 6.24. The Hall–Kier alpha value is -3.98. The maximum absolute atomic E-state index is 12.6. The van der Waals surface area contributed by atoms with Gasteiger partial charge in [0.15, 0.2) is 0 Å². The molecule has 1 aromatic heterocycles. The summed E-state index contributed by atoms with van der Waals surface area (Å²) >= 11 is 0. The van der Waals surface area contributed by atoms with E-state index in [1.165, 1.54) is 18.3 Å². The summed E-state index contributed by atoms with van der Waals surface area (Å²) in [7, 11) is 0. The fourth-order valence-electron chi connectivity index (χ4n) is 2.65. The van der Waals surface area contributed by atoms with E-state index in [0.717, 1.165) is 11.1 Å². The van der Waals surface area contributed by atoms with E-state index in [4.69, 9.17) is 5.26 Å². The van der Waals surface area contributed by atoms with Crippen LogP contribution in [0.25, 0.3) is 0 Å². The molecule has 2 N–H and O–H groups in total. The van der Waals surface area contributed by atoms with E-state index in [1.54, 1.807) is 24.3 Å². The number of nitrogens with one attached hydrogen (secondary N) is 2. The van der Waals surface area contributed by atoms with Crippen LogP contribution in [0.5, 0.6) is 0 Å². The monoisotopic (exact) mass is 370 g/mol. The molecule has 2 aromatic carbocycles. The van der Waals surface area contributed by atoms with Crippen molar-refractivity contribution in [2.75, 3.05) is 10.6 Å². The normalized spacial score (nSPS) is 10.0. The van der Waals surface area contributed by atoms with Crippen molar-refractivity contribution in [2.45, 2.75) is 13.8 Å². The lowest BCUT2D eigenvalue weighted by Crippen LogP contribution is -2.17. The van der Waals surface area contributed by atoms with Gasteiger partial charge in [-0.1, -0.05) is 24.3 Å². The summed E-state index contributed by atoms with van der Waals surface area (Å²) in [6.07, 6.45) is 1.41. The van der Waals surface area contributed by atoms with Crippen LogP contribution in [0.2, 0.25) is 0 Å². The minimum Gasteiger partial charge on any atom is -0.321 e. The zero-order valence-electron chi connectivity index (χ0n) is 15.5. The van der Waals surface area contributed by atoms with Gasteiger partial charge in [0.25, 0.3) is 11.8 Å². The van der Waals surface area contributed by atoms with Gasteiger partial charge in [-0.05, 0) is 55.3 Å². The number of carbonyl (C=O) groups excluding carboxylic acids is 2. The second kappa shape index (κ2) is 8.14. The number of rotatable bonds is 4. The van der Waals surface area contributed by atoms with Gasteiger partial charge in [-0.25, -0.2) is 0 Å². The lowest BCUT2D eigenvalue weighted by atomic mass is 10.1. The van der Waals surface area contributed by atoms with Crippen LogP contribution in [0.3, 0.4) is 0 Å². The molecule has 0 fully saturated rings. The standard InChI is InChI=1S/C22H18N4O2/c1-14-6-5-9-18(15(14)2)25-22(28)20-12-16(10-11-24-20)21(27)26-19-8-4-3-7-17(19)13-23/h3-12H,1-2H3,(H,25,28)(H,26,27). The first-order valence-corrected chi connectivity index (χ1v) is 8.63. The summed E-state index contributed by atoms with van der Waals surface area (Å²) in [6.45, 7) is 3.89. The third-order valence-electron chi connectivity index (χ3n) is 4.40. The quantitative estimate of drug-likeness (QED) is 0.723. The molecular weight excluding hydrogens is 352 g/mol. The average molecular weight is 370 g/mol. The summed E-state index contributed by atoms with van der Waals surface area (Å²) < 4.78 is 0. The smallest absolute Gasteiger partial charge is 0.274 e.